The van der Waals surface area contributed by atoms with E-state index in [2.05, 4.69) is 0 Å². The Hall–Kier alpha value is -3.20. The van der Waals surface area contributed by atoms with Crippen LogP contribution < -0.4 is 4.90 Å². The SMILES string of the molecule is O=C1c2ccccc2C(c2ccccc2)C(=O)N1c1ccccc1. The molecule has 1 aliphatic heterocycles. The lowest BCUT2D eigenvalue weighted by Crippen LogP contribution is -2.45. The molecule has 0 aromatic heterocycles. The van der Waals surface area contributed by atoms with Crippen molar-refractivity contribution in [3.63, 3.8) is 0 Å². The molecule has 3 aromatic carbocycles. The van der Waals surface area contributed by atoms with Gasteiger partial charge in [0.25, 0.3) is 5.91 Å². The Morgan fingerprint density at radius 1 is 0.667 bits per heavy atom. The van der Waals surface area contributed by atoms with Crippen LogP contribution in [0.3, 0.4) is 0 Å². The fraction of sp³-hybridized carbons (Fsp3) is 0.0476. The van der Waals surface area contributed by atoms with Crippen molar-refractivity contribution in [2.24, 2.45) is 0 Å². The molecule has 3 aromatic rings. The van der Waals surface area contributed by atoms with Crippen molar-refractivity contribution in [3.05, 3.63) is 102 Å². The van der Waals surface area contributed by atoms with Crippen molar-refractivity contribution >= 4 is 17.5 Å². The smallest absolute Gasteiger partial charge is 0.265 e. The molecule has 0 saturated carbocycles. The maximum Gasteiger partial charge on any atom is 0.265 e. The third kappa shape index (κ3) is 2.22. The average Bonchev–Trinajstić information content (AvgIpc) is 2.64. The van der Waals surface area contributed by atoms with Gasteiger partial charge in [0.15, 0.2) is 0 Å². The summed E-state index contributed by atoms with van der Waals surface area (Å²) in [5.41, 5.74) is 2.84. The van der Waals surface area contributed by atoms with Crippen molar-refractivity contribution in [2.75, 3.05) is 4.90 Å². The Morgan fingerprint density at radius 2 is 1.25 bits per heavy atom. The van der Waals surface area contributed by atoms with E-state index in [1.807, 2.05) is 66.7 Å². The van der Waals surface area contributed by atoms with Crippen LogP contribution >= 0.6 is 0 Å². The standard InChI is InChI=1S/C21H15NO2/c23-20-18-14-8-7-13-17(18)19(15-9-3-1-4-10-15)21(24)22(20)16-11-5-2-6-12-16/h1-14,19H. The Kier molecular flexibility index (Phi) is 3.47. The van der Waals surface area contributed by atoms with Crippen molar-refractivity contribution in [1.82, 2.24) is 0 Å². The van der Waals surface area contributed by atoms with E-state index in [4.69, 9.17) is 0 Å². The van der Waals surface area contributed by atoms with Crippen LogP contribution in [0.25, 0.3) is 0 Å². The van der Waals surface area contributed by atoms with Gasteiger partial charge >= 0.3 is 0 Å². The molecule has 0 N–H and O–H groups in total. The number of hydrogen-bond acceptors (Lipinski definition) is 2. The number of anilines is 1. The first-order valence-electron chi connectivity index (χ1n) is 7.84. The quantitative estimate of drug-likeness (QED) is 0.670. The number of amides is 2. The second kappa shape index (κ2) is 5.78. The highest BCUT2D eigenvalue weighted by atomic mass is 16.2. The summed E-state index contributed by atoms with van der Waals surface area (Å²) >= 11 is 0. The summed E-state index contributed by atoms with van der Waals surface area (Å²) in [4.78, 5) is 27.4. The highest BCUT2D eigenvalue weighted by Gasteiger charge is 2.40. The van der Waals surface area contributed by atoms with Crippen LogP contribution in [0.2, 0.25) is 0 Å². The first-order chi connectivity index (χ1) is 11.8. The molecule has 0 saturated heterocycles. The van der Waals surface area contributed by atoms with Crippen molar-refractivity contribution < 1.29 is 9.59 Å². The first-order valence-corrected chi connectivity index (χ1v) is 7.84. The van der Waals surface area contributed by atoms with E-state index in [9.17, 15) is 9.59 Å². The number of imide groups is 1. The van der Waals surface area contributed by atoms with Gasteiger partial charge in [-0.05, 0) is 29.3 Å². The predicted octanol–water partition coefficient (Wildman–Crippen LogP) is 4.01. The largest absolute Gasteiger partial charge is 0.273 e. The second-order valence-corrected chi connectivity index (χ2v) is 5.75. The minimum atomic E-state index is -0.472. The summed E-state index contributed by atoms with van der Waals surface area (Å²) in [6, 6.07) is 26.0. The third-order valence-electron chi connectivity index (χ3n) is 4.32. The van der Waals surface area contributed by atoms with Gasteiger partial charge in [-0.15, -0.1) is 0 Å². The molecule has 1 heterocycles. The number of carbonyl (C=O) groups excluding carboxylic acids is 2. The molecule has 3 heteroatoms. The zero-order valence-corrected chi connectivity index (χ0v) is 12.9. The average molecular weight is 313 g/mol. The summed E-state index contributed by atoms with van der Waals surface area (Å²) in [6.07, 6.45) is 0. The van der Waals surface area contributed by atoms with E-state index in [-0.39, 0.29) is 11.8 Å². The second-order valence-electron chi connectivity index (χ2n) is 5.75. The molecule has 0 radical (unpaired) electrons. The van der Waals surface area contributed by atoms with Crippen molar-refractivity contribution in [1.29, 1.82) is 0 Å². The van der Waals surface area contributed by atoms with E-state index in [1.54, 1.807) is 18.2 Å². The molecule has 0 spiro atoms. The molecule has 4 rings (SSSR count). The fourth-order valence-electron chi connectivity index (χ4n) is 3.22. The third-order valence-corrected chi connectivity index (χ3v) is 4.32. The Labute approximate surface area is 140 Å². The number of carbonyl (C=O) groups is 2. The minimum Gasteiger partial charge on any atom is -0.273 e. The molecule has 24 heavy (non-hydrogen) atoms. The van der Waals surface area contributed by atoms with E-state index in [0.29, 0.717) is 11.3 Å². The molecular weight excluding hydrogens is 298 g/mol. The number of rotatable bonds is 2. The van der Waals surface area contributed by atoms with Crippen LogP contribution in [0.15, 0.2) is 84.9 Å². The zero-order valence-electron chi connectivity index (χ0n) is 12.9. The Morgan fingerprint density at radius 3 is 1.96 bits per heavy atom. The molecule has 116 valence electrons. The lowest BCUT2D eigenvalue weighted by molar-refractivity contribution is -0.118. The number of fused-ring (bicyclic) bond motifs is 1. The minimum absolute atomic E-state index is 0.212. The monoisotopic (exact) mass is 313 g/mol. The van der Waals surface area contributed by atoms with E-state index < -0.39 is 5.92 Å². The summed E-state index contributed by atoms with van der Waals surface area (Å²) in [5, 5.41) is 0. The zero-order chi connectivity index (χ0) is 16.5. The Bertz CT molecular complexity index is 903. The van der Waals surface area contributed by atoms with Crippen LogP contribution in [0.1, 0.15) is 27.4 Å². The lowest BCUT2D eigenvalue weighted by atomic mass is 9.83. The van der Waals surface area contributed by atoms with Gasteiger partial charge in [-0.3, -0.25) is 9.59 Å². The van der Waals surface area contributed by atoms with E-state index in [1.165, 1.54) is 4.90 Å². The van der Waals surface area contributed by atoms with Crippen LogP contribution in [0.4, 0.5) is 5.69 Å². The van der Waals surface area contributed by atoms with Crippen LogP contribution in [0.5, 0.6) is 0 Å². The number of hydrogen-bond donors (Lipinski definition) is 0. The molecule has 0 bridgehead atoms. The molecule has 1 aliphatic rings. The molecular formula is C21H15NO2. The van der Waals surface area contributed by atoms with Gasteiger partial charge in [0.2, 0.25) is 5.91 Å². The van der Waals surface area contributed by atoms with Crippen LogP contribution in [-0.4, -0.2) is 11.8 Å². The highest BCUT2D eigenvalue weighted by Crippen LogP contribution is 2.36. The molecule has 0 aliphatic carbocycles. The number of nitrogens with zero attached hydrogens (tertiary/aromatic N) is 1. The Balaban J connectivity index is 1.92. The van der Waals surface area contributed by atoms with Gasteiger partial charge < -0.3 is 0 Å². The highest BCUT2D eigenvalue weighted by molar-refractivity contribution is 6.26. The van der Waals surface area contributed by atoms with Gasteiger partial charge in [0.1, 0.15) is 0 Å². The molecule has 0 fully saturated rings. The molecule has 2 amide bonds. The fourth-order valence-corrected chi connectivity index (χ4v) is 3.22. The van der Waals surface area contributed by atoms with Gasteiger partial charge in [-0.1, -0.05) is 66.7 Å². The van der Waals surface area contributed by atoms with E-state index in [0.717, 1.165) is 11.1 Å². The predicted molar refractivity (Wildman–Crippen MR) is 93.0 cm³/mol. The van der Waals surface area contributed by atoms with Gasteiger partial charge in [0.05, 0.1) is 11.6 Å². The van der Waals surface area contributed by atoms with Gasteiger partial charge in [-0.25, -0.2) is 4.90 Å². The summed E-state index contributed by atoms with van der Waals surface area (Å²) < 4.78 is 0. The van der Waals surface area contributed by atoms with Crippen molar-refractivity contribution in [3.8, 4) is 0 Å². The normalized spacial score (nSPS) is 16.8. The maximum absolute atomic E-state index is 13.2. The van der Waals surface area contributed by atoms with Gasteiger partial charge in [-0.2, -0.15) is 0 Å². The van der Waals surface area contributed by atoms with Crippen LogP contribution in [-0.2, 0) is 4.79 Å². The number of para-hydroxylation sites is 1. The summed E-state index contributed by atoms with van der Waals surface area (Å²) in [5.74, 6) is -0.953. The van der Waals surface area contributed by atoms with Crippen LogP contribution in [0, 0.1) is 0 Å². The summed E-state index contributed by atoms with van der Waals surface area (Å²) in [7, 11) is 0. The topological polar surface area (TPSA) is 37.4 Å². The lowest BCUT2D eigenvalue weighted by Gasteiger charge is -2.32. The molecule has 1 unspecified atom stereocenters. The first kappa shape index (κ1) is 14.4. The number of benzene rings is 3. The van der Waals surface area contributed by atoms with Gasteiger partial charge in [0, 0.05) is 5.56 Å². The van der Waals surface area contributed by atoms with Crippen molar-refractivity contribution in [2.45, 2.75) is 5.92 Å². The summed E-state index contributed by atoms with van der Waals surface area (Å²) in [6.45, 7) is 0. The molecule has 3 nitrogen and oxygen atoms in total. The maximum atomic E-state index is 13.2. The molecule has 1 atom stereocenters. The van der Waals surface area contributed by atoms with E-state index >= 15 is 0 Å².